The number of nitrogens with one attached hydrogen (secondary N) is 2. The maximum atomic E-state index is 13.2. The number of thiazole rings is 1. The number of aryl methyl sites for hydroxylation is 3. The van der Waals surface area contributed by atoms with Gasteiger partial charge in [0.15, 0.2) is 5.13 Å². The summed E-state index contributed by atoms with van der Waals surface area (Å²) >= 11 is 1.52. The highest BCUT2D eigenvalue weighted by Crippen LogP contribution is 2.30. The standard InChI is InChI=1S/C23H28N4O3S/c1-23(2,3)30-22(29)25-17(12-14-13-27(4)18-10-6-5-8-15(14)18)20(28)26-21-24-16-9-7-11-19(16)31-21/h5-6,8,10,13,17H,7,9,11-12H2,1-4H3,(H,25,29)(H,24,26,28)/t17-/m0/s1. The minimum absolute atomic E-state index is 0.300. The van der Waals surface area contributed by atoms with Crippen molar-refractivity contribution in [2.24, 2.45) is 7.05 Å². The Hall–Kier alpha value is -2.87. The third-order valence-electron chi connectivity index (χ3n) is 5.24. The normalized spacial score (nSPS) is 14.3. The molecule has 0 unspecified atom stereocenters. The van der Waals surface area contributed by atoms with E-state index in [0.29, 0.717) is 11.6 Å². The molecule has 0 radical (unpaired) electrons. The monoisotopic (exact) mass is 440 g/mol. The molecule has 2 N–H and O–H groups in total. The first-order valence-corrected chi connectivity index (χ1v) is 11.3. The van der Waals surface area contributed by atoms with Crippen LogP contribution < -0.4 is 10.6 Å². The number of carbonyl (C=O) groups is 2. The van der Waals surface area contributed by atoms with Gasteiger partial charge in [0.2, 0.25) is 5.91 Å². The Morgan fingerprint density at radius 2 is 2.03 bits per heavy atom. The van der Waals surface area contributed by atoms with Crippen molar-refractivity contribution in [3.63, 3.8) is 0 Å². The van der Waals surface area contributed by atoms with Crippen LogP contribution in [-0.2, 0) is 35.8 Å². The number of benzene rings is 1. The molecule has 31 heavy (non-hydrogen) atoms. The Kier molecular flexibility index (Phi) is 5.75. The predicted molar refractivity (Wildman–Crippen MR) is 123 cm³/mol. The van der Waals surface area contributed by atoms with Crippen molar-refractivity contribution in [2.45, 2.75) is 58.1 Å². The highest BCUT2D eigenvalue weighted by atomic mass is 32.1. The lowest BCUT2D eigenvalue weighted by molar-refractivity contribution is -0.118. The summed E-state index contributed by atoms with van der Waals surface area (Å²) in [6, 6.07) is 7.22. The van der Waals surface area contributed by atoms with Crippen LogP contribution in [0.4, 0.5) is 9.93 Å². The second kappa shape index (κ2) is 8.34. The molecular formula is C23H28N4O3S. The van der Waals surface area contributed by atoms with Crippen LogP contribution in [0, 0.1) is 0 Å². The number of nitrogens with zero attached hydrogens (tertiary/aromatic N) is 2. The van der Waals surface area contributed by atoms with E-state index in [1.54, 1.807) is 20.8 Å². The zero-order chi connectivity index (χ0) is 22.2. The maximum absolute atomic E-state index is 13.2. The molecule has 0 aliphatic heterocycles. The van der Waals surface area contributed by atoms with Crippen molar-refractivity contribution in [1.82, 2.24) is 14.9 Å². The van der Waals surface area contributed by atoms with E-state index in [0.717, 1.165) is 41.4 Å². The van der Waals surface area contributed by atoms with Crippen LogP contribution >= 0.6 is 11.3 Å². The fourth-order valence-corrected chi connectivity index (χ4v) is 4.96. The highest BCUT2D eigenvalue weighted by Gasteiger charge is 2.27. The molecule has 3 aromatic rings. The van der Waals surface area contributed by atoms with Crippen LogP contribution in [0.1, 0.15) is 43.3 Å². The molecule has 1 aromatic carbocycles. The highest BCUT2D eigenvalue weighted by molar-refractivity contribution is 7.15. The second-order valence-electron chi connectivity index (χ2n) is 8.92. The maximum Gasteiger partial charge on any atom is 0.408 e. The fourth-order valence-electron chi connectivity index (χ4n) is 3.90. The average molecular weight is 441 g/mol. The van der Waals surface area contributed by atoms with Gasteiger partial charge in [0.25, 0.3) is 0 Å². The SMILES string of the molecule is Cn1cc(C[C@H](NC(=O)OC(C)(C)C)C(=O)Nc2nc3c(s2)CCC3)c2ccccc21. The first kappa shape index (κ1) is 21.4. The van der Waals surface area contributed by atoms with Crippen molar-refractivity contribution >= 4 is 39.4 Å². The number of fused-ring (bicyclic) bond motifs is 2. The Morgan fingerprint density at radius 3 is 2.77 bits per heavy atom. The third kappa shape index (κ3) is 4.90. The number of aromatic nitrogens is 2. The molecule has 1 atom stereocenters. The summed E-state index contributed by atoms with van der Waals surface area (Å²) in [7, 11) is 1.97. The zero-order valence-corrected chi connectivity index (χ0v) is 19.1. The number of anilines is 1. The van der Waals surface area contributed by atoms with Gasteiger partial charge in [-0.15, -0.1) is 11.3 Å². The number of amides is 2. The quantitative estimate of drug-likeness (QED) is 0.623. The van der Waals surface area contributed by atoms with E-state index in [-0.39, 0.29) is 5.91 Å². The molecule has 4 rings (SSSR count). The minimum Gasteiger partial charge on any atom is -0.444 e. The van der Waals surface area contributed by atoms with Crippen molar-refractivity contribution in [3.8, 4) is 0 Å². The largest absolute Gasteiger partial charge is 0.444 e. The minimum atomic E-state index is -0.792. The lowest BCUT2D eigenvalue weighted by Gasteiger charge is -2.23. The van der Waals surface area contributed by atoms with Crippen molar-refractivity contribution in [3.05, 3.63) is 46.6 Å². The molecule has 0 spiro atoms. The summed E-state index contributed by atoms with van der Waals surface area (Å²) < 4.78 is 7.43. The summed E-state index contributed by atoms with van der Waals surface area (Å²) in [5.74, 6) is -0.300. The molecule has 1 aliphatic rings. The van der Waals surface area contributed by atoms with Crippen LogP contribution in [0.15, 0.2) is 30.5 Å². The van der Waals surface area contributed by atoms with Crippen LogP contribution in [0.5, 0.6) is 0 Å². The van der Waals surface area contributed by atoms with Gasteiger partial charge in [-0.3, -0.25) is 4.79 Å². The molecule has 2 aromatic heterocycles. The molecular weight excluding hydrogens is 412 g/mol. The van der Waals surface area contributed by atoms with Gasteiger partial charge in [0.1, 0.15) is 11.6 Å². The Balaban J connectivity index is 1.56. The van der Waals surface area contributed by atoms with Crippen LogP contribution in [0.25, 0.3) is 10.9 Å². The molecule has 2 heterocycles. The molecule has 0 bridgehead atoms. The van der Waals surface area contributed by atoms with Gasteiger partial charge in [-0.2, -0.15) is 0 Å². The molecule has 1 aliphatic carbocycles. The smallest absolute Gasteiger partial charge is 0.408 e. The van der Waals surface area contributed by atoms with Crippen molar-refractivity contribution in [2.75, 3.05) is 5.32 Å². The Labute approximate surface area is 185 Å². The number of carbonyl (C=O) groups excluding carboxylic acids is 2. The van der Waals surface area contributed by atoms with Gasteiger partial charge in [-0.25, -0.2) is 9.78 Å². The second-order valence-corrected chi connectivity index (χ2v) is 10.0. The van der Waals surface area contributed by atoms with E-state index in [2.05, 4.69) is 15.6 Å². The molecule has 0 saturated heterocycles. The lowest BCUT2D eigenvalue weighted by Crippen LogP contribution is -2.47. The van der Waals surface area contributed by atoms with Gasteiger partial charge in [-0.05, 0) is 51.7 Å². The van der Waals surface area contributed by atoms with Gasteiger partial charge < -0.3 is 19.9 Å². The number of alkyl carbamates (subject to hydrolysis) is 1. The van der Waals surface area contributed by atoms with Crippen LogP contribution in [0.3, 0.4) is 0 Å². The van der Waals surface area contributed by atoms with Crippen LogP contribution in [-0.4, -0.2) is 33.2 Å². The van der Waals surface area contributed by atoms with Gasteiger partial charge in [0, 0.05) is 35.4 Å². The summed E-state index contributed by atoms with van der Waals surface area (Å²) in [5.41, 5.74) is 2.48. The molecule has 7 nitrogen and oxygen atoms in total. The number of hydrogen-bond acceptors (Lipinski definition) is 5. The number of para-hydroxylation sites is 1. The van der Waals surface area contributed by atoms with Crippen LogP contribution in [0.2, 0.25) is 0 Å². The molecule has 164 valence electrons. The van der Waals surface area contributed by atoms with Gasteiger partial charge in [-0.1, -0.05) is 18.2 Å². The topological polar surface area (TPSA) is 85.2 Å². The van der Waals surface area contributed by atoms with E-state index in [1.165, 1.54) is 16.2 Å². The lowest BCUT2D eigenvalue weighted by atomic mass is 10.0. The Morgan fingerprint density at radius 1 is 1.26 bits per heavy atom. The van der Waals surface area contributed by atoms with E-state index < -0.39 is 17.7 Å². The van der Waals surface area contributed by atoms with Crippen molar-refractivity contribution in [1.29, 1.82) is 0 Å². The molecule has 0 fully saturated rings. The number of rotatable bonds is 5. The summed E-state index contributed by atoms with van der Waals surface area (Å²) in [4.78, 5) is 31.4. The average Bonchev–Trinajstić information content (AvgIpc) is 3.34. The molecule has 2 amide bonds. The number of hydrogen-bond donors (Lipinski definition) is 2. The predicted octanol–water partition coefficient (Wildman–Crippen LogP) is 4.20. The first-order valence-electron chi connectivity index (χ1n) is 10.5. The van der Waals surface area contributed by atoms with Crippen molar-refractivity contribution < 1.29 is 14.3 Å². The molecule has 0 saturated carbocycles. The van der Waals surface area contributed by atoms with E-state index in [1.807, 2.05) is 42.1 Å². The number of ether oxygens (including phenoxy) is 1. The summed E-state index contributed by atoms with van der Waals surface area (Å²) in [6.07, 6.45) is 4.81. The first-order chi connectivity index (χ1) is 14.7. The third-order valence-corrected chi connectivity index (χ3v) is 6.31. The van der Waals surface area contributed by atoms with E-state index in [9.17, 15) is 9.59 Å². The fraction of sp³-hybridized carbons (Fsp3) is 0.435. The Bertz CT molecular complexity index is 1100. The zero-order valence-electron chi connectivity index (χ0n) is 18.3. The van der Waals surface area contributed by atoms with E-state index >= 15 is 0 Å². The molecule has 8 heteroatoms. The van der Waals surface area contributed by atoms with E-state index in [4.69, 9.17) is 4.74 Å². The summed E-state index contributed by atoms with van der Waals surface area (Å²) in [6.45, 7) is 5.39. The van der Waals surface area contributed by atoms with Gasteiger partial charge >= 0.3 is 6.09 Å². The summed E-state index contributed by atoms with van der Waals surface area (Å²) in [5, 5.41) is 7.31. The van der Waals surface area contributed by atoms with Gasteiger partial charge in [0.05, 0.1) is 5.69 Å².